The molecule has 10 N–H and O–H groups in total. The van der Waals surface area contributed by atoms with Gasteiger partial charge in [-0.15, -0.1) is 0 Å². The number of hydrogen-bond acceptors (Lipinski definition) is 12. The van der Waals surface area contributed by atoms with Gasteiger partial charge in [-0.25, -0.2) is 0 Å². The molecule has 0 fully saturated rings. The summed E-state index contributed by atoms with van der Waals surface area (Å²) in [4.78, 5) is 15.9. The van der Waals surface area contributed by atoms with E-state index in [-0.39, 0.29) is 65.5 Å². The molecule has 0 saturated carbocycles. The summed E-state index contributed by atoms with van der Waals surface area (Å²) in [7, 11) is 0. The van der Waals surface area contributed by atoms with E-state index in [1.807, 2.05) is 100 Å². The van der Waals surface area contributed by atoms with Crippen LogP contribution >= 0.6 is 0 Å². The maximum atomic E-state index is 7.28. The zero-order chi connectivity index (χ0) is 50.9. The fourth-order valence-electron chi connectivity index (χ4n) is 4.85. The van der Waals surface area contributed by atoms with Gasteiger partial charge in [0, 0.05) is 58.7 Å². The predicted molar refractivity (Wildman–Crippen MR) is 281 cm³/mol. The Bertz CT molecular complexity index is 2550. The molecule has 0 spiro atoms. The molecule has 0 radical (unpaired) electrons. The van der Waals surface area contributed by atoms with Crippen LogP contribution in [0.15, 0.2) is 215 Å². The molecule has 18 nitrogen and oxygen atoms in total. The number of rotatable bonds is 10. The van der Waals surface area contributed by atoms with Crippen molar-refractivity contribution in [2.75, 3.05) is 0 Å². The van der Waals surface area contributed by atoms with Crippen molar-refractivity contribution in [3.05, 3.63) is 262 Å². The van der Waals surface area contributed by atoms with Crippen LogP contribution in [0.4, 0.5) is 22.7 Å². The normalized spacial score (nSPS) is 9.50. The van der Waals surface area contributed by atoms with Crippen molar-refractivity contribution in [1.29, 1.82) is 21.6 Å². The third kappa shape index (κ3) is 26.9. The van der Waals surface area contributed by atoms with E-state index in [9.17, 15) is 0 Å². The largest absolute Gasteiger partial charge is 2.00 e. The Morgan fingerprint density at radius 2 is 0.639 bits per heavy atom. The number of hydrogen-bond donors (Lipinski definition) is 6. The van der Waals surface area contributed by atoms with Gasteiger partial charge >= 0.3 is 42.1 Å². The number of nitrogen functional groups attached to an aromatic ring is 2. The number of aromatic nitrogens is 4. The predicted octanol–water partition coefficient (Wildman–Crippen LogP) is 13.7. The maximum Gasteiger partial charge on any atom is 2.00 e. The average molecular weight is 1320 g/mol. The summed E-state index contributed by atoms with van der Waals surface area (Å²) in [5.74, 6) is -0.478. The minimum absolute atomic E-state index is 0. The monoisotopic (exact) mass is 1320 g/mol. The molecule has 8 aromatic rings. The number of nitrogens with two attached hydrogens (primary N) is 2. The van der Waals surface area contributed by atoms with Gasteiger partial charge in [-0.1, -0.05) is 133 Å². The third-order valence-electron chi connectivity index (χ3n) is 8.56. The quantitative estimate of drug-likeness (QED) is 0.0334. The van der Waals surface area contributed by atoms with Crippen LogP contribution in [0.25, 0.3) is 22.3 Å². The van der Waals surface area contributed by atoms with Crippen molar-refractivity contribution in [3.8, 4) is 0 Å². The van der Waals surface area contributed by atoms with Gasteiger partial charge < -0.3 is 54.8 Å². The van der Waals surface area contributed by atoms with Crippen LogP contribution in [-0.2, 0) is 42.1 Å². The van der Waals surface area contributed by atoms with Crippen LogP contribution in [0, 0.1) is 49.3 Å². The van der Waals surface area contributed by atoms with E-state index in [2.05, 4.69) is 51.5 Å². The van der Waals surface area contributed by atoms with Gasteiger partial charge in [0.1, 0.15) is 11.7 Å². The second-order valence-corrected chi connectivity index (χ2v) is 14.2. The van der Waals surface area contributed by atoms with Gasteiger partial charge in [-0.05, 0) is 110 Å². The molecule has 0 aliphatic carbocycles. The molecule has 4 aromatic carbocycles. The second kappa shape index (κ2) is 35.6. The van der Waals surface area contributed by atoms with E-state index in [1.165, 1.54) is 0 Å². The molecule has 20 heteroatoms. The summed E-state index contributed by atoms with van der Waals surface area (Å²) < 4.78 is 0. The zero-order valence-electron chi connectivity index (χ0n) is 39.7. The Labute approximate surface area is 448 Å². The summed E-state index contributed by atoms with van der Waals surface area (Å²) in [5, 5.41) is 44.2. The second-order valence-electron chi connectivity index (χ2n) is 14.2. The zero-order valence-corrected chi connectivity index (χ0v) is 44.3. The van der Waals surface area contributed by atoms with Crippen molar-refractivity contribution in [1.82, 2.24) is 19.9 Å². The molecule has 0 amide bonds. The molecular formula is C52H54N18Pt2. The van der Waals surface area contributed by atoms with Gasteiger partial charge in [-0.3, -0.25) is 41.2 Å². The molecule has 0 aliphatic heterocycles. The fourth-order valence-corrected chi connectivity index (χ4v) is 4.85. The molecule has 4 heterocycles. The topological polar surface area (TPSA) is 324 Å². The molecule has 4 aromatic heterocycles. The molecule has 0 unspecified atom stereocenters. The molecular weight excluding hydrogens is 1270 g/mol. The van der Waals surface area contributed by atoms with Gasteiger partial charge in [0.05, 0.1) is 0 Å². The van der Waals surface area contributed by atoms with Crippen LogP contribution in [0.2, 0.25) is 0 Å². The van der Waals surface area contributed by atoms with E-state index >= 15 is 0 Å². The van der Waals surface area contributed by atoms with Crippen molar-refractivity contribution in [2.24, 2.45) is 32.1 Å². The Morgan fingerprint density at radius 1 is 0.389 bits per heavy atom. The van der Waals surface area contributed by atoms with E-state index in [0.29, 0.717) is 45.0 Å². The first-order chi connectivity index (χ1) is 33.7. The molecule has 0 aliphatic rings. The number of benzene rings is 4. The summed E-state index contributed by atoms with van der Waals surface area (Å²) in [5.41, 5.74) is 41.9. The van der Waals surface area contributed by atoms with Crippen LogP contribution in [0.5, 0.6) is 0 Å². The molecule has 72 heavy (non-hydrogen) atoms. The van der Waals surface area contributed by atoms with Gasteiger partial charge in [0.15, 0.2) is 0 Å². The molecule has 0 saturated heterocycles. The van der Waals surface area contributed by atoms with Crippen molar-refractivity contribution in [3.63, 3.8) is 0 Å². The molecule has 0 atom stereocenters. The number of aryl methyl sites for hydroxylation is 4. The standard InChI is InChI=1S/2C14H13N7.4C6H7N.2Pt/c2*15-13(16)9-1-5-11(6-2-9)19-21-20-12-7-3-10(4-8-12)14(17)18;4*1-6-4-2-3-5-7-6;;/h2*1-8H,(H5-2,15,16,17,18,19,20);4*2-5H,1H3;;/q2*-2;;;;;2*+2. The summed E-state index contributed by atoms with van der Waals surface area (Å²) >= 11 is 0. The Hall–Kier alpha value is -8.46. The number of nitrogens with zero attached hydrogens (tertiary/aromatic N) is 10. The smallest absolute Gasteiger partial charge is 0.482 e. The molecule has 0 bridgehead atoms. The van der Waals surface area contributed by atoms with Crippen molar-refractivity contribution in [2.45, 2.75) is 27.7 Å². The van der Waals surface area contributed by atoms with Crippen molar-refractivity contribution < 1.29 is 42.1 Å². The van der Waals surface area contributed by atoms with Gasteiger partial charge in [0.25, 0.3) is 0 Å². The van der Waals surface area contributed by atoms with Crippen LogP contribution in [-0.4, -0.2) is 43.3 Å². The average Bonchev–Trinajstić information content (AvgIpc) is 3.36. The van der Waals surface area contributed by atoms with Crippen LogP contribution < -0.4 is 11.5 Å². The third-order valence-corrected chi connectivity index (χ3v) is 8.56. The van der Waals surface area contributed by atoms with E-state index in [0.717, 1.165) is 22.8 Å². The summed E-state index contributed by atoms with van der Waals surface area (Å²) in [6.07, 6.45) is 7.15. The fraction of sp³-hybridized carbons (Fsp3) is 0.0769. The Morgan fingerprint density at radius 3 is 0.819 bits per heavy atom. The van der Waals surface area contributed by atoms with Gasteiger partial charge in [-0.2, -0.15) is 0 Å². The Balaban J connectivity index is 0.000000466. The van der Waals surface area contributed by atoms with E-state index < -0.39 is 0 Å². The summed E-state index contributed by atoms with van der Waals surface area (Å²) in [6, 6.07) is 50.1. The van der Waals surface area contributed by atoms with Crippen LogP contribution in [0.3, 0.4) is 0 Å². The van der Waals surface area contributed by atoms with E-state index in [4.69, 9.17) is 44.6 Å². The summed E-state index contributed by atoms with van der Waals surface area (Å²) in [6.45, 7) is 7.89. The van der Waals surface area contributed by atoms with Crippen molar-refractivity contribution >= 4 is 46.1 Å². The SMILES string of the molecule is Cc1ccccn1.Cc1ccccn1.Cc1ccccn1.Cc1ccccn1.N=C([NH-])c1ccc([N-]N=Nc2ccc(C(=N)N)cc2)cc1.N=C([NH-])c1ccc([N-]N=Nc2ccc(C(=N)N)cc2)cc1.[Pt+2].[Pt+2]. The Kier molecular flexibility index (Phi) is 30.5. The maximum absolute atomic E-state index is 7.28. The first-order valence-corrected chi connectivity index (χ1v) is 21.1. The van der Waals surface area contributed by atoms with Crippen LogP contribution in [0.1, 0.15) is 45.0 Å². The minimum atomic E-state index is -0.242. The van der Waals surface area contributed by atoms with Gasteiger partial charge in [0.2, 0.25) is 0 Å². The molecule has 372 valence electrons. The number of amidine groups is 4. The minimum Gasteiger partial charge on any atom is -0.482 e. The molecule has 8 rings (SSSR count). The first-order valence-electron chi connectivity index (χ1n) is 21.1. The first kappa shape index (κ1) is 61.6. The number of pyridine rings is 4. The van der Waals surface area contributed by atoms with E-state index in [1.54, 1.807) is 122 Å². The number of nitrogens with one attached hydrogen (secondary N) is 6.